The number of rotatable bonds is 6. The minimum Gasteiger partial charge on any atom is -0.497 e. The lowest BCUT2D eigenvalue weighted by atomic mass is 10.0. The number of benzene rings is 2. The predicted molar refractivity (Wildman–Crippen MR) is 95.3 cm³/mol. The lowest BCUT2D eigenvalue weighted by molar-refractivity contribution is -0.123. The molecule has 6 nitrogen and oxygen atoms in total. The minimum absolute atomic E-state index is 0.00617. The van der Waals surface area contributed by atoms with E-state index in [0.717, 1.165) is 22.6 Å². The highest BCUT2D eigenvalue weighted by atomic mass is 16.5. The fourth-order valence-electron chi connectivity index (χ4n) is 2.95. The van der Waals surface area contributed by atoms with Crippen LogP contribution in [0.3, 0.4) is 0 Å². The van der Waals surface area contributed by atoms with Gasteiger partial charge in [-0.3, -0.25) is 4.79 Å². The fraction of sp³-hybridized carbons (Fsp3) is 0.316. The number of carbonyl (C=O) groups is 1. The van der Waals surface area contributed by atoms with Crippen LogP contribution in [0, 0.1) is 0 Å². The molecule has 1 saturated heterocycles. The first-order valence-electron chi connectivity index (χ1n) is 8.26. The summed E-state index contributed by atoms with van der Waals surface area (Å²) in [5, 5.41) is 2.97. The van der Waals surface area contributed by atoms with Gasteiger partial charge in [-0.25, -0.2) is 10.9 Å². The zero-order chi connectivity index (χ0) is 17.6. The molecule has 1 aliphatic heterocycles. The monoisotopic (exact) mass is 341 g/mol. The van der Waals surface area contributed by atoms with E-state index in [-0.39, 0.29) is 18.0 Å². The van der Waals surface area contributed by atoms with Crippen LogP contribution in [0.5, 0.6) is 11.5 Å². The van der Waals surface area contributed by atoms with Gasteiger partial charge in [-0.2, -0.15) is 0 Å². The second kappa shape index (κ2) is 8.00. The van der Waals surface area contributed by atoms with E-state index in [1.807, 2.05) is 48.5 Å². The third-order valence-corrected chi connectivity index (χ3v) is 4.35. The van der Waals surface area contributed by atoms with E-state index in [2.05, 4.69) is 16.2 Å². The van der Waals surface area contributed by atoms with Gasteiger partial charge in [-0.1, -0.05) is 36.4 Å². The van der Waals surface area contributed by atoms with Crippen molar-refractivity contribution in [2.75, 3.05) is 14.2 Å². The van der Waals surface area contributed by atoms with Crippen molar-refractivity contribution in [3.63, 3.8) is 0 Å². The van der Waals surface area contributed by atoms with E-state index < -0.39 is 0 Å². The van der Waals surface area contributed by atoms with Gasteiger partial charge in [-0.05, 0) is 18.1 Å². The Morgan fingerprint density at radius 2 is 1.92 bits per heavy atom. The maximum absolute atomic E-state index is 12.4. The minimum atomic E-state index is -0.291. The number of methoxy groups -OCH3 is 2. The first kappa shape index (κ1) is 17.3. The topological polar surface area (TPSA) is 71.6 Å². The molecule has 2 unspecified atom stereocenters. The molecular formula is C19H23N3O3. The highest BCUT2D eigenvalue weighted by Crippen LogP contribution is 2.33. The molecule has 1 fully saturated rings. The second-order valence-corrected chi connectivity index (χ2v) is 5.94. The van der Waals surface area contributed by atoms with E-state index in [4.69, 9.17) is 9.47 Å². The number of hydrogen-bond acceptors (Lipinski definition) is 5. The van der Waals surface area contributed by atoms with Gasteiger partial charge in [0.2, 0.25) is 5.91 Å². The van der Waals surface area contributed by atoms with Gasteiger partial charge in [-0.15, -0.1) is 0 Å². The summed E-state index contributed by atoms with van der Waals surface area (Å²) in [6.45, 7) is 0.522. The SMILES string of the molecule is COc1ccc(C2CC(C(=O)NCc3ccccc3)NN2)c(OC)c1. The van der Waals surface area contributed by atoms with Crippen molar-refractivity contribution in [1.29, 1.82) is 0 Å². The van der Waals surface area contributed by atoms with Crippen molar-refractivity contribution in [2.24, 2.45) is 0 Å². The van der Waals surface area contributed by atoms with Crippen LogP contribution in [0.2, 0.25) is 0 Å². The molecule has 2 aromatic rings. The van der Waals surface area contributed by atoms with Crippen molar-refractivity contribution in [2.45, 2.75) is 25.0 Å². The lowest BCUT2D eigenvalue weighted by Crippen LogP contribution is -2.42. The Hall–Kier alpha value is -2.57. The van der Waals surface area contributed by atoms with Crippen LogP contribution in [-0.4, -0.2) is 26.2 Å². The number of hydrazine groups is 1. The van der Waals surface area contributed by atoms with Crippen molar-refractivity contribution in [3.05, 3.63) is 59.7 Å². The average Bonchev–Trinajstić information content (AvgIpc) is 3.16. The van der Waals surface area contributed by atoms with Gasteiger partial charge >= 0.3 is 0 Å². The van der Waals surface area contributed by atoms with E-state index in [0.29, 0.717) is 13.0 Å². The number of ether oxygens (including phenoxy) is 2. The summed E-state index contributed by atoms with van der Waals surface area (Å²) in [4.78, 5) is 12.4. The van der Waals surface area contributed by atoms with E-state index >= 15 is 0 Å². The highest BCUT2D eigenvalue weighted by molar-refractivity contribution is 5.82. The Morgan fingerprint density at radius 3 is 2.64 bits per heavy atom. The summed E-state index contributed by atoms with van der Waals surface area (Å²) in [5.41, 5.74) is 8.33. The smallest absolute Gasteiger partial charge is 0.238 e. The van der Waals surface area contributed by atoms with Crippen LogP contribution in [0.25, 0.3) is 0 Å². The zero-order valence-electron chi connectivity index (χ0n) is 14.4. The molecule has 0 spiro atoms. The standard InChI is InChI=1S/C19H23N3O3/c1-24-14-8-9-15(18(10-14)25-2)16-11-17(22-21-16)19(23)20-12-13-6-4-3-5-7-13/h3-10,16-17,21-22H,11-12H2,1-2H3,(H,20,23). The summed E-state index contributed by atoms with van der Waals surface area (Å²) in [6, 6.07) is 15.3. The molecule has 0 saturated carbocycles. The third-order valence-electron chi connectivity index (χ3n) is 4.35. The molecule has 0 bridgehead atoms. The Morgan fingerprint density at radius 1 is 1.12 bits per heavy atom. The van der Waals surface area contributed by atoms with Crippen LogP contribution in [0.1, 0.15) is 23.6 Å². The van der Waals surface area contributed by atoms with Crippen molar-refractivity contribution < 1.29 is 14.3 Å². The zero-order valence-corrected chi connectivity index (χ0v) is 14.4. The van der Waals surface area contributed by atoms with Crippen LogP contribution in [0.4, 0.5) is 0 Å². The molecule has 1 aliphatic rings. The Kier molecular flexibility index (Phi) is 5.53. The van der Waals surface area contributed by atoms with Crippen LogP contribution in [-0.2, 0) is 11.3 Å². The number of hydrogen-bond donors (Lipinski definition) is 3. The molecule has 0 aliphatic carbocycles. The largest absolute Gasteiger partial charge is 0.497 e. The van der Waals surface area contributed by atoms with Gasteiger partial charge in [0, 0.05) is 18.2 Å². The second-order valence-electron chi connectivity index (χ2n) is 5.94. The van der Waals surface area contributed by atoms with E-state index in [1.165, 1.54) is 0 Å². The molecular weight excluding hydrogens is 318 g/mol. The van der Waals surface area contributed by atoms with Gasteiger partial charge in [0.15, 0.2) is 0 Å². The first-order chi connectivity index (χ1) is 12.2. The van der Waals surface area contributed by atoms with Crippen LogP contribution in [0.15, 0.2) is 48.5 Å². The molecule has 2 atom stereocenters. The number of amides is 1. The van der Waals surface area contributed by atoms with Crippen LogP contribution < -0.4 is 25.6 Å². The molecule has 3 rings (SSSR count). The average molecular weight is 341 g/mol. The Labute approximate surface area is 147 Å². The molecule has 132 valence electrons. The Balaban J connectivity index is 1.60. The van der Waals surface area contributed by atoms with Gasteiger partial charge in [0.05, 0.1) is 20.3 Å². The van der Waals surface area contributed by atoms with Gasteiger partial charge in [0.1, 0.15) is 17.5 Å². The van der Waals surface area contributed by atoms with Crippen molar-refractivity contribution in [3.8, 4) is 11.5 Å². The fourth-order valence-corrected chi connectivity index (χ4v) is 2.95. The predicted octanol–water partition coefficient (Wildman–Crippen LogP) is 1.93. The molecule has 1 heterocycles. The van der Waals surface area contributed by atoms with Crippen molar-refractivity contribution >= 4 is 5.91 Å². The van der Waals surface area contributed by atoms with Crippen LogP contribution >= 0.6 is 0 Å². The molecule has 0 radical (unpaired) electrons. The number of nitrogens with one attached hydrogen (secondary N) is 3. The maximum atomic E-state index is 12.4. The molecule has 25 heavy (non-hydrogen) atoms. The van der Waals surface area contributed by atoms with Gasteiger partial charge in [0.25, 0.3) is 0 Å². The summed E-state index contributed by atoms with van der Waals surface area (Å²) < 4.78 is 10.7. The molecule has 1 amide bonds. The lowest BCUT2D eigenvalue weighted by Gasteiger charge is -2.15. The summed E-state index contributed by atoms with van der Waals surface area (Å²) in [5.74, 6) is 1.46. The van der Waals surface area contributed by atoms with Gasteiger partial charge < -0.3 is 14.8 Å². The summed E-state index contributed by atoms with van der Waals surface area (Å²) >= 11 is 0. The molecule has 2 aromatic carbocycles. The number of carbonyl (C=O) groups excluding carboxylic acids is 1. The summed E-state index contributed by atoms with van der Waals surface area (Å²) in [7, 11) is 3.25. The third kappa shape index (κ3) is 4.10. The first-order valence-corrected chi connectivity index (χ1v) is 8.26. The maximum Gasteiger partial charge on any atom is 0.238 e. The normalized spacial score (nSPS) is 19.4. The Bertz CT molecular complexity index is 721. The quantitative estimate of drug-likeness (QED) is 0.749. The van der Waals surface area contributed by atoms with E-state index in [1.54, 1.807) is 14.2 Å². The molecule has 3 N–H and O–H groups in total. The molecule has 6 heteroatoms. The highest BCUT2D eigenvalue weighted by Gasteiger charge is 2.31. The molecule has 0 aromatic heterocycles. The van der Waals surface area contributed by atoms with E-state index in [9.17, 15) is 4.79 Å². The van der Waals surface area contributed by atoms with Crippen molar-refractivity contribution in [1.82, 2.24) is 16.2 Å². The summed E-state index contributed by atoms with van der Waals surface area (Å²) in [6.07, 6.45) is 0.642.